The highest BCUT2D eigenvalue weighted by Crippen LogP contribution is 2.35. The summed E-state index contributed by atoms with van der Waals surface area (Å²) < 4.78 is 5.26. The Morgan fingerprint density at radius 3 is 2.56 bits per heavy atom. The first kappa shape index (κ1) is 11.2. The van der Waals surface area contributed by atoms with E-state index in [0.29, 0.717) is 0 Å². The number of aryl methyl sites for hydroxylation is 1. The number of rotatable bonds is 2. The molecule has 1 aromatic rings. The Balaban J connectivity index is 2.47. The fraction of sp³-hybridized carbons (Fsp3) is 0.429. The number of hydrogen-bond donors (Lipinski definition) is 1. The van der Waals surface area contributed by atoms with Gasteiger partial charge in [-0.15, -0.1) is 0 Å². The van der Waals surface area contributed by atoms with Crippen LogP contribution in [-0.2, 0) is 0 Å². The smallest absolute Gasteiger partial charge is 0.119 e. The van der Waals surface area contributed by atoms with Gasteiger partial charge in [0.25, 0.3) is 0 Å². The minimum atomic E-state index is -0.313. The molecule has 0 saturated heterocycles. The predicted octanol–water partition coefficient (Wildman–Crippen LogP) is 2.93. The van der Waals surface area contributed by atoms with Crippen molar-refractivity contribution in [2.45, 2.75) is 32.8 Å². The highest BCUT2D eigenvalue weighted by molar-refractivity contribution is 5.74. The highest BCUT2D eigenvalue weighted by atomic mass is 16.5. The van der Waals surface area contributed by atoms with Crippen LogP contribution in [0.2, 0.25) is 0 Å². The third-order valence-corrected chi connectivity index (χ3v) is 3.18. The van der Waals surface area contributed by atoms with E-state index in [1.807, 2.05) is 19.1 Å². The van der Waals surface area contributed by atoms with Gasteiger partial charge in [0.1, 0.15) is 5.75 Å². The van der Waals surface area contributed by atoms with Gasteiger partial charge in [-0.2, -0.15) is 0 Å². The molecule has 0 saturated carbocycles. The molecule has 1 N–H and O–H groups in total. The summed E-state index contributed by atoms with van der Waals surface area (Å²) in [6.07, 6.45) is 1.52. The van der Waals surface area contributed by atoms with Crippen LogP contribution in [0.3, 0.4) is 0 Å². The molecular formula is C14H18O2. The Morgan fingerprint density at radius 1 is 1.25 bits per heavy atom. The van der Waals surface area contributed by atoms with E-state index >= 15 is 0 Å². The Hall–Kier alpha value is -1.28. The Kier molecular flexibility index (Phi) is 3.01. The summed E-state index contributed by atoms with van der Waals surface area (Å²) in [7, 11) is 1.67. The molecule has 1 aromatic carbocycles. The molecule has 1 unspecified atom stereocenters. The van der Waals surface area contributed by atoms with Crippen molar-refractivity contribution in [2.24, 2.45) is 0 Å². The van der Waals surface area contributed by atoms with Crippen molar-refractivity contribution in [1.29, 1.82) is 0 Å². The molecule has 0 fully saturated rings. The molecule has 0 aromatic heterocycles. The van der Waals surface area contributed by atoms with Gasteiger partial charge in [0.2, 0.25) is 0 Å². The van der Waals surface area contributed by atoms with Gasteiger partial charge in [0.05, 0.1) is 13.2 Å². The van der Waals surface area contributed by atoms with E-state index in [9.17, 15) is 5.11 Å². The van der Waals surface area contributed by atoms with E-state index in [1.165, 1.54) is 5.57 Å². The average Bonchev–Trinajstić information content (AvgIpc) is 2.57. The molecule has 2 heteroatoms. The summed E-state index contributed by atoms with van der Waals surface area (Å²) in [6, 6.07) is 6.11. The van der Waals surface area contributed by atoms with E-state index in [4.69, 9.17) is 4.74 Å². The maximum absolute atomic E-state index is 9.97. The highest BCUT2D eigenvalue weighted by Gasteiger charge is 2.22. The third-order valence-electron chi connectivity index (χ3n) is 3.18. The predicted molar refractivity (Wildman–Crippen MR) is 65.6 cm³/mol. The van der Waals surface area contributed by atoms with Crippen LogP contribution >= 0.6 is 0 Å². The summed E-state index contributed by atoms with van der Waals surface area (Å²) >= 11 is 0. The quantitative estimate of drug-likeness (QED) is 0.827. The number of aliphatic hydroxyl groups excluding tert-OH is 1. The number of methoxy groups -OCH3 is 1. The third kappa shape index (κ3) is 1.98. The van der Waals surface area contributed by atoms with Crippen LogP contribution in [0.25, 0.3) is 5.57 Å². The topological polar surface area (TPSA) is 29.5 Å². The monoisotopic (exact) mass is 218 g/mol. The summed E-state index contributed by atoms with van der Waals surface area (Å²) in [5.74, 6) is 0.856. The molecule has 1 atom stereocenters. The molecule has 2 nitrogen and oxygen atoms in total. The number of hydrogen-bond acceptors (Lipinski definition) is 2. The van der Waals surface area contributed by atoms with Crippen molar-refractivity contribution in [3.8, 4) is 5.75 Å². The van der Waals surface area contributed by atoms with Crippen molar-refractivity contribution in [1.82, 2.24) is 0 Å². The molecule has 86 valence electrons. The van der Waals surface area contributed by atoms with Crippen molar-refractivity contribution < 1.29 is 9.84 Å². The van der Waals surface area contributed by atoms with Gasteiger partial charge < -0.3 is 9.84 Å². The van der Waals surface area contributed by atoms with Crippen molar-refractivity contribution >= 4 is 5.57 Å². The molecule has 0 aliphatic heterocycles. The second-order valence-corrected chi connectivity index (χ2v) is 4.49. The van der Waals surface area contributed by atoms with E-state index in [-0.39, 0.29) is 6.10 Å². The van der Waals surface area contributed by atoms with E-state index < -0.39 is 0 Å². The molecule has 0 spiro atoms. The summed E-state index contributed by atoms with van der Waals surface area (Å²) in [4.78, 5) is 0. The minimum absolute atomic E-state index is 0.313. The molecule has 0 heterocycles. The van der Waals surface area contributed by atoms with E-state index in [0.717, 1.165) is 35.3 Å². The normalized spacial score (nSPS) is 20.4. The lowest BCUT2D eigenvalue weighted by atomic mass is 9.99. The maximum atomic E-state index is 9.97. The van der Waals surface area contributed by atoms with Crippen LogP contribution in [0.4, 0.5) is 0 Å². The van der Waals surface area contributed by atoms with Crippen LogP contribution in [0.15, 0.2) is 23.8 Å². The summed E-state index contributed by atoms with van der Waals surface area (Å²) in [5.41, 5.74) is 4.63. The number of aliphatic hydroxyl groups is 1. The summed E-state index contributed by atoms with van der Waals surface area (Å²) in [5, 5.41) is 9.97. The second kappa shape index (κ2) is 4.30. The van der Waals surface area contributed by atoms with Gasteiger partial charge in [-0.25, -0.2) is 0 Å². The standard InChI is InChI=1S/C14H18O2/c1-9-6-11(8-12(7-9)16-3)14-10(2)4-5-13(14)15/h6-8,13,15H,4-5H2,1-3H3. The fourth-order valence-corrected chi connectivity index (χ4v) is 2.38. The van der Waals surface area contributed by atoms with E-state index in [2.05, 4.69) is 13.0 Å². The zero-order chi connectivity index (χ0) is 11.7. The fourth-order valence-electron chi connectivity index (χ4n) is 2.38. The van der Waals surface area contributed by atoms with Crippen LogP contribution in [-0.4, -0.2) is 18.3 Å². The van der Waals surface area contributed by atoms with Gasteiger partial charge >= 0.3 is 0 Å². The van der Waals surface area contributed by atoms with Gasteiger partial charge in [-0.05, 0) is 55.5 Å². The number of allylic oxidation sites excluding steroid dienone is 1. The zero-order valence-corrected chi connectivity index (χ0v) is 10.1. The van der Waals surface area contributed by atoms with Crippen molar-refractivity contribution in [3.63, 3.8) is 0 Å². The van der Waals surface area contributed by atoms with Crippen molar-refractivity contribution in [3.05, 3.63) is 34.9 Å². The Morgan fingerprint density at radius 2 is 2.00 bits per heavy atom. The molecule has 0 bridgehead atoms. The van der Waals surface area contributed by atoms with Crippen LogP contribution < -0.4 is 4.74 Å². The first-order valence-corrected chi connectivity index (χ1v) is 5.65. The van der Waals surface area contributed by atoms with Gasteiger partial charge in [-0.3, -0.25) is 0 Å². The average molecular weight is 218 g/mol. The lowest BCUT2D eigenvalue weighted by molar-refractivity contribution is 0.231. The van der Waals surface area contributed by atoms with Crippen molar-refractivity contribution in [2.75, 3.05) is 7.11 Å². The lowest BCUT2D eigenvalue weighted by Gasteiger charge is -2.12. The first-order chi connectivity index (χ1) is 7.61. The second-order valence-electron chi connectivity index (χ2n) is 4.49. The maximum Gasteiger partial charge on any atom is 0.119 e. The van der Waals surface area contributed by atoms with Crippen LogP contribution in [0.1, 0.15) is 30.9 Å². The SMILES string of the molecule is COc1cc(C)cc(C2=C(C)CCC2O)c1. The molecule has 0 radical (unpaired) electrons. The van der Waals surface area contributed by atoms with Gasteiger partial charge in [-0.1, -0.05) is 11.6 Å². The Bertz CT molecular complexity index is 432. The molecule has 0 amide bonds. The minimum Gasteiger partial charge on any atom is -0.497 e. The Labute approximate surface area is 96.6 Å². The van der Waals surface area contributed by atoms with Gasteiger partial charge in [0, 0.05) is 0 Å². The lowest BCUT2D eigenvalue weighted by Crippen LogP contribution is -2.04. The first-order valence-electron chi connectivity index (χ1n) is 5.65. The summed E-state index contributed by atoms with van der Waals surface area (Å²) in [6.45, 7) is 4.14. The zero-order valence-electron chi connectivity index (χ0n) is 10.1. The van der Waals surface area contributed by atoms with Crippen LogP contribution in [0, 0.1) is 6.92 Å². The molecule has 1 aliphatic carbocycles. The molecular weight excluding hydrogens is 200 g/mol. The largest absolute Gasteiger partial charge is 0.497 e. The van der Waals surface area contributed by atoms with E-state index in [1.54, 1.807) is 7.11 Å². The molecule has 1 aliphatic rings. The van der Waals surface area contributed by atoms with Crippen LogP contribution in [0.5, 0.6) is 5.75 Å². The van der Waals surface area contributed by atoms with Gasteiger partial charge in [0.15, 0.2) is 0 Å². The molecule has 16 heavy (non-hydrogen) atoms. The number of benzene rings is 1. The number of ether oxygens (including phenoxy) is 1. The molecule has 2 rings (SSSR count).